The fraction of sp³-hybridized carbons (Fsp3) is 0.444. The number of benzene rings is 1. The molecule has 2 aromatic rings. The predicted molar refractivity (Wildman–Crippen MR) is 97.2 cm³/mol. The van der Waals surface area contributed by atoms with Gasteiger partial charge in [0.1, 0.15) is 5.69 Å². The van der Waals surface area contributed by atoms with Crippen molar-refractivity contribution in [1.29, 1.82) is 0 Å². The number of halogens is 1. The molecule has 7 nitrogen and oxygen atoms in total. The second-order valence-corrected chi connectivity index (χ2v) is 6.60. The molecule has 0 bridgehead atoms. The smallest absolute Gasteiger partial charge is 0.290 e. The molecule has 1 aromatic heterocycles. The van der Waals surface area contributed by atoms with Crippen molar-refractivity contribution < 1.29 is 19.2 Å². The van der Waals surface area contributed by atoms with Crippen molar-refractivity contribution in [2.24, 2.45) is 0 Å². The summed E-state index contributed by atoms with van der Waals surface area (Å²) >= 11 is 5.91. The first kappa shape index (κ1) is 18.8. The highest BCUT2D eigenvalue weighted by atomic mass is 35.5. The Hall–Kier alpha value is -1.93. The average molecular weight is 380 g/mol. The molecule has 0 radical (unpaired) electrons. The van der Waals surface area contributed by atoms with E-state index >= 15 is 0 Å². The minimum absolute atomic E-state index is 0.0342. The average Bonchev–Trinajstić information content (AvgIpc) is 3.08. The van der Waals surface area contributed by atoms with Crippen LogP contribution in [0.5, 0.6) is 0 Å². The Morgan fingerprint density at radius 2 is 2.04 bits per heavy atom. The summed E-state index contributed by atoms with van der Waals surface area (Å²) in [6, 6.07) is 6.98. The lowest BCUT2D eigenvalue weighted by molar-refractivity contribution is 0.0382. The summed E-state index contributed by atoms with van der Waals surface area (Å²) in [5.41, 5.74) is 1.53. The molecule has 8 heteroatoms. The first-order chi connectivity index (χ1) is 12.6. The lowest BCUT2D eigenvalue weighted by Crippen LogP contribution is -2.41. The highest BCUT2D eigenvalue weighted by Gasteiger charge is 2.26. The summed E-state index contributed by atoms with van der Waals surface area (Å²) in [6.45, 7) is 5.94. The van der Waals surface area contributed by atoms with Crippen LogP contribution in [0.15, 0.2) is 28.8 Å². The predicted octanol–water partition coefficient (Wildman–Crippen LogP) is 2.11. The van der Waals surface area contributed by atoms with Gasteiger partial charge in [-0.05, 0) is 19.1 Å². The summed E-state index contributed by atoms with van der Waals surface area (Å²) in [7, 11) is 0. The fourth-order valence-electron chi connectivity index (χ4n) is 2.90. The van der Waals surface area contributed by atoms with Crippen LogP contribution in [-0.4, -0.2) is 60.5 Å². The summed E-state index contributed by atoms with van der Waals surface area (Å²) < 4.78 is 10.6. The molecule has 2 heterocycles. The Balaban J connectivity index is 1.70. The van der Waals surface area contributed by atoms with Crippen LogP contribution in [0, 0.1) is 0 Å². The number of nitrogens with zero attached hydrogens (tertiary/aromatic N) is 2. The van der Waals surface area contributed by atoms with Crippen molar-refractivity contribution in [3.63, 3.8) is 0 Å². The third-order valence-corrected chi connectivity index (χ3v) is 4.54. The van der Waals surface area contributed by atoms with Gasteiger partial charge in [-0.3, -0.25) is 9.69 Å². The van der Waals surface area contributed by atoms with Gasteiger partial charge in [0.25, 0.3) is 5.91 Å². The van der Waals surface area contributed by atoms with Crippen molar-refractivity contribution in [2.45, 2.75) is 13.0 Å². The third-order valence-electron chi connectivity index (χ3n) is 4.29. The Morgan fingerprint density at radius 3 is 2.69 bits per heavy atom. The Labute approximate surface area is 156 Å². The molecule has 1 aromatic carbocycles. The minimum Gasteiger partial charge on any atom is -0.388 e. The van der Waals surface area contributed by atoms with Crippen LogP contribution in [0.3, 0.4) is 0 Å². The van der Waals surface area contributed by atoms with Gasteiger partial charge in [0.05, 0.1) is 24.9 Å². The lowest BCUT2D eigenvalue weighted by Gasteiger charge is -2.26. The van der Waals surface area contributed by atoms with E-state index in [1.54, 1.807) is 31.2 Å². The number of aliphatic hydroxyl groups is 1. The zero-order valence-electron chi connectivity index (χ0n) is 14.6. The number of rotatable bonds is 6. The topological polar surface area (TPSA) is 87.8 Å². The van der Waals surface area contributed by atoms with E-state index in [1.807, 2.05) is 0 Å². The van der Waals surface area contributed by atoms with Gasteiger partial charge in [0.15, 0.2) is 0 Å². The van der Waals surface area contributed by atoms with Crippen LogP contribution in [0.25, 0.3) is 11.3 Å². The van der Waals surface area contributed by atoms with Crippen LogP contribution < -0.4 is 5.32 Å². The largest absolute Gasteiger partial charge is 0.388 e. The van der Waals surface area contributed by atoms with Gasteiger partial charge in [-0.1, -0.05) is 28.9 Å². The van der Waals surface area contributed by atoms with Crippen LogP contribution in [0.2, 0.25) is 5.02 Å². The van der Waals surface area contributed by atoms with Crippen molar-refractivity contribution in [3.05, 3.63) is 40.6 Å². The van der Waals surface area contributed by atoms with E-state index in [4.69, 9.17) is 20.9 Å². The van der Waals surface area contributed by atoms with Crippen molar-refractivity contribution >= 4 is 17.5 Å². The molecule has 0 saturated carbocycles. The maximum atomic E-state index is 12.5. The molecule has 2 N–H and O–H groups in total. The number of carbonyl (C=O) groups excluding carboxylic acids is 1. The zero-order chi connectivity index (χ0) is 18.5. The molecule has 1 atom stereocenters. The minimum atomic E-state index is -0.896. The first-order valence-electron chi connectivity index (χ1n) is 8.58. The van der Waals surface area contributed by atoms with E-state index < -0.39 is 6.10 Å². The van der Waals surface area contributed by atoms with Crippen LogP contribution in [0.1, 0.15) is 29.1 Å². The summed E-state index contributed by atoms with van der Waals surface area (Å²) in [5, 5.41) is 17.6. The third kappa shape index (κ3) is 4.42. The zero-order valence-corrected chi connectivity index (χ0v) is 15.3. The summed E-state index contributed by atoms with van der Waals surface area (Å²) in [4.78, 5) is 14.7. The highest BCUT2D eigenvalue weighted by Crippen LogP contribution is 2.31. The normalized spacial score (nSPS) is 16.4. The van der Waals surface area contributed by atoms with E-state index in [0.717, 1.165) is 25.2 Å². The number of morpholine rings is 1. The van der Waals surface area contributed by atoms with Crippen molar-refractivity contribution in [2.75, 3.05) is 39.4 Å². The summed E-state index contributed by atoms with van der Waals surface area (Å²) in [6.07, 6.45) is -0.896. The number of aromatic nitrogens is 1. The molecule has 0 aliphatic carbocycles. The fourth-order valence-corrected chi connectivity index (χ4v) is 3.02. The second-order valence-electron chi connectivity index (χ2n) is 6.17. The molecule has 1 unspecified atom stereocenters. The van der Waals surface area contributed by atoms with E-state index in [1.165, 1.54) is 0 Å². The molecule has 0 spiro atoms. The quantitative estimate of drug-likeness (QED) is 0.799. The second kappa shape index (κ2) is 8.64. The van der Waals surface area contributed by atoms with Crippen molar-refractivity contribution in [3.8, 4) is 11.3 Å². The number of carbonyl (C=O) groups is 1. The van der Waals surface area contributed by atoms with Gasteiger partial charge in [-0.2, -0.15) is 0 Å². The molecule has 1 fully saturated rings. The maximum absolute atomic E-state index is 12.5. The number of amides is 1. The van der Waals surface area contributed by atoms with E-state index in [0.29, 0.717) is 36.0 Å². The molecule has 1 aliphatic rings. The Morgan fingerprint density at radius 1 is 1.35 bits per heavy atom. The number of nitrogens with one attached hydrogen (secondary N) is 1. The molecular weight excluding hydrogens is 358 g/mol. The van der Waals surface area contributed by atoms with Crippen molar-refractivity contribution in [1.82, 2.24) is 15.4 Å². The molecule has 1 saturated heterocycles. The molecule has 140 valence electrons. The monoisotopic (exact) mass is 379 g/mol. The summed E-state index contributed by atoms with van der Waals surface area (Å²) in [5.74, 6) is -0.353. The molecular formula is C18H22ClN3O4. The number of hydrogen-bond donors (Lipinski definition) is 2. The molecule has 1 amide bonds. The van der Waals surface area contributed by atoms with Crippen LogP contribution in [0.4, 0.5) is 0 Å². The lowest BCUT2D eigenvalue weighted by atomic mass is 10.0. The van der Waals surface area contributed by atoms with E-state index in [-0.39, 0.29) is 11.7 Å². The highest BCUT2D eigenvalue weighted by molar-refractivity contribution is 6.30. The van der Waals surface area contributed by atoms with Crippen LogP contribution in [-0.2, 0) is 4.74 Å². The number of ether oxygens (including phenoxy) is 1. The maximum Gasteiger partial charge on any atom is 0.290 e. The van der Waals surface area contributed by atoms with Gasteiger partial charge in [-0.15, -0.1) is 0 Å². The van der Waals surface area contributed by atoms with E-state index in [2.05, 4.69) is 15.4 Å². The molecule has 1 aliphatic heterocycles. The van der Waals surface area contributed by atoms with E-state index in [9.17, 15) is 9.90 Å². The number of aliphatic hydroxyl groups excluding tert-OH is 1. The van der Waals surface area contributed by atoms with Gasteiger partial charge < -0.3 is 19.7 Å². The molecule has 26 heavy (non-hydrogen) atoms. The standard InChI is InChI=1S/C18H22ClN3O4/c1-12(23)15-16(13-2-4-14(19)5-3-13)21-26-17(15)18(24)20-6-7-22-8-10-25-11-9-22/h2-5,12,23H,6-11H2,1H3,(H,20,24). The van der Waals surface area contributed by atoms with Crippen LogP contribution >= 0.6 is 11.6 Å². The molecule has 3 rings (SSSR count). The van der Waals surface area contributed by atoms with Gasteiger partial charge in [-0.25, -0.2) is 0 Å². The first-order valence-corrected chi connectivity index (χ1v) is 8.96. The Bertz CT molecular complexity index is 739. The van der Waals surface area contributed by atoms with Gasteiger partial charge in [0.2, 0.25) is 5.76 Å². The Kier molecular flexibility index (Phi) is 6.26. The van der Waals surface area contributed by atoms with Gasteiger partial charge >= 0.3 is 0 Å². The number of hydrogen-bond acceptors (Lipinski definition) is 6. The van der Waals surface area contributed by atoms with Gasteiger partial charge in [0, 0.05) is 36.8 Å². The SMILES string of the molecule is CC(O)c1c(-c2ccc(Cl)cc2)noc1C(=O)NCCN1CCOCC1.